The van der Waals surface area contributed by atoms with Crippen molar-refractivity contribution in [1.29, 1.82) is 0 Å². The van der Waals surface area contributed by atoms with Gasteiger partial charge in [-0.3, -0.25) is 0 Å². The van der Waals surface area contributed by atoms with Crippen LogP contribution < -0.4 is 5.32 Å². The molecule has 2 rings (SSSR count). The van der Waals surface area contributed by atoms with Crippen molar-refractivity contribution in [3.05, 3.63) is 29.0 Å². The van der Waals surface area contributed by atoms with Crippen LogP contribution in [0, 0.1) is 6.92 Å². The SMILES string of the molecule is COCCNCc1cnc(Sc2nc(C)cs2)nc1. The lowest BCUT2D eigenvalue weighted by Crippen LogP contribution is -2.18. The van der Waals surface area contributed by atoms with Gasteiger partial charge in [0.2, 0.25) is 0 Å². The smallest absolute Gasteiger partial charge is 0.194 e. The Balaban J connectivity index is 1.84. The fraction of sp³-hybridized carbons (Fsp3) is 0.417. The van der Waals surface area contributed by atoms with E-state index >= 15 is 0 Å². The molecular weight excluding hydrogens is 280 g/mol. The van der Waals surface area contributed by atoms with Gasteiger partial charge in [-0.1, -0.05) is 0 Å². The second-order valence-corrected chi connectivity index (χ2v) is 5.97. The Morgan fingerprint density at radius 3 is 2.79 bits per heavy atom. The van der Waals surface area contributed by atoms with E-state index in [9.17, 15) is 0 Å². The summed E-state index contributed by atoms with van der Waals surface area (Å²) in [6.07, 6.45) is 3.69. The largest absolute Gasteiger partial charge is 0.383 e. The van der Waals surface area contributed by atoms with E-state index in [-0.39, 0.29) is 0 Å². The fourth-order valence-electron chi connectivity index (χ4n) is 1.35. The molecule has 0 aromatic carbocycles. The fourth-order valence-corrected chi connectivity index (χ4v) is 2.99. The number of methoxy groups -OCH3 is 1. The highest BCUT2D eigenvalue weighted by molar-refractivity contribution is 8.00. The first-order chi connectivity index (χ1) is 9.28. The van der Waals surface area contributed by atoms with Gasteiger partial charge >= 0.3 is 0 Å². The minimum absolute atomic E-state index is 0.707. The Kier molecular flexibility index (Phi) is 5.71. The van der Waals surface area contributed by atoms with Crippen LogP contribution in [0.3, 0.4) is 0 Å². The third-order valence-corrected chi connectivity index (χ3v) is 4.22. The molecule has 0 aliphatic heterocycles. The van der Waals surface area contributed by atoms with Gasteiger partial charge in [-0.15, -0.1) is 11.3 Å². The third-order valence-electron chi connectivity index (χ3n) is 2.27. The molecule has 0 bridgehead atoms. The van der Waals surface area contributed by atoms with E-state index in [4.69, 9.17) is 4.74 Å². The number of nitrogens with one attached hydrogen (secondary N) is 1. The third kappa shape index (κ3) is 4.87. The van der Waals surface area contributed by atoms with Crippen molar-refractivity contribution < 1.29 is 4.74 Å². The number of hydrogen-bond donors (Lipinski definition) is 1. The molecule has 0 saturated heterocycles. The Hall–Kier alpha value is -1.02. The van der Waals surface area contributed by atoms with E-state index in [1.807, 2.05) is 24.7 Å². The van der Waals surface area contributed by atoms with Crippen LogP contribution in [0.1, 0.15) is 11.3 Å². The average Bonchev–Trinajstić information content (AvgIpc) is 2.82. The van der Waals surface area contributed by atoms with Crippen LogP contribution in [0.25, 0.3) is 0 Å². The zero-order valence-electron chi connectivity index (χ0n) is 10.9. The van der Waals surface area contributed by atoms with Gasteiger partial charge in [0.05, 0.1) is 6.61 Å². The van der Waals surface area contributed by atoms with Gasteiger partial charge in [-0.05, 0) is 18.7 Å². The van der Waals surface area contributed by atoms with Crippen LogP contribution in [0.5, 0.6) is 0 Å². The van der Waals surface area contributed by atoms with E-state index in [2.05, 4.69) is 20.3 Å². The van der Waals surface area contributed by atoms with Gasteiger partial charge in [-0.2, -0.15) is 0 Å². The number of rotatable bonds is 7. The van der Waals surface area contributed by atoms with Crippen molar-refractivity contribution >= 4 is 23.1 Å². The molecular formula is C12H16N4OS2. The predicted octanol–water partition coefficient (Wildman–Crippen LogP) is 2.13. The molecule has 5 nitrogen and oxygen atoms in total. The minimum Gasteiger partial charge on any atom is -0.383 e. The maximum Gasteiger partial charge on any atom is 0.194 e. The van der Waals surface area contributed by atoms with E-state index in [0.717, 1.165) is 33.8 Å². The molecule has 1 N–H and O–H groups in total. The van der Waals surface area contributed by atoms with Gasteiger partial charge in [0.15, 0.2) is 9.50 Å². The van der Waals surface area contributed by atoms with Crippen LogP contribution in [0.15, 0.2) is 27.3 Å². The summed E-state index contributed by atoms with van der Waals surface area (Å²) >= 11 is 3.11. The molecule has 7 heteroatoms. The molecule has 2 aromatic rings. The highest BCUT2D eigenvalue weighted by atomic mass is 32.2. The summed E-state index contributed by atoms with van der Waals surface area (Å²) in [5.41, 5.74) is 2.10. The Labute approximate surface area is 120 Å². The maximum absolute atomic E-state index is 4.96. The van der Waals surface area contributed by atoms with Crippen molar-refractivity contribution in [1.82, 2.24) is 20.3 Å². The zero-order valence-corrected chi connectivity index (χ0v) is 12.6. The first kappa shape index (κ1) is 14.4. The molecule has 0 spiro atoms. The number of ether oxygens (including phenoxy) is 1. The van der Waals surface area contributed by atoms with Crippen LogP contribution >= 0.6 is 23.1 Å². The van der Waals surface area contributed by atoms with Crippen LogP contribution in [-0.2, 0) is 11.3 Å². The number of thiazole rings is 1. The predicted molar refractivity (Wildman–Crippen MR) is 76.6 cm³/mol. The molecule has 0 aliphatic carbocycles. The standard InChI is InChI=1S/C12H16N4OS2/c1-9-8-18-12(16-9)19-11-14-6-10(7-15-11)5-13-3-4-17-2/h6-8,13H,3-5H2,1-2H3. The molecule has 2 aromatic heterocycles. The number of hydrogen-bond acceptors (Lipinski definition) is 7. The number of aromatic nitrogens is 3. The Morgan fingerprint density at radius 2 is 2.16 bits per heavy atom. The summed E-state index contributed by atoms with van der Waals surface area (Å²) in [6, 6.07) is 0. The summed E-state index contributed by atoms with van der Waals surface area (Å²) in [5.74, 6) is 0. The molecule has 0 fully saturated rings. The van der Waals surface area contributed by atoms with Crippen LogP contribution in [-0.4, -0.2) is 35.2 Å². The minimum atomic E-state index is 0.707. The van der Waals surface area contributed by atoms with Crippen molar-refractivity contribution in [2.24, 2.45) is 0 Å². The van der Waals surface area contributed by atoms with Crippen molar-refractivity contribution in [2.45, 2.75) is 23.0 Å². The molecule has 0 unspecified atom stereocenters. The summed E-state index contributed by atoms with van der Waals surface area (Å²) in [6.45, 7) is 4.27. The topological polar surface area (TPSA) is 59.9 Å². The molecule has 0 radical (unpaired) electrons. The molecule has 102 valence electrons. The first-order valence-electron chi connectivity index (χ1n) is 5.88. The average molecular weight is 296 g/mol. The van der Waals surface area contributed by atoms with Crippen molar-refractivity contribution in [3.63, 3.8) is 0 Å². The summed E-state index contributed by atoms with van der Waals surface area (Å²) in [7, 11) is 1.69. The molecule has 0 atom stereocenters. The summed E-state index contributed by atoms with van der Waals surface area (Å²) in [4.78, 5) is 13.0. The van der Waals surface area contributed by atoms with E-state index in [1.165, 1.54) is 11.8 Å². The maximum atomic E-state index is 4.96. The van der Waals surface area contributed by atoms with Gasteiger partial charge in [0.1, 0.15) is 0 Å². The van der Waals surface area contributed by atoms with E-state index < -0.39 is 0 Å². The second kappa shape index (κ2) is 7.54. The van der Waals surface area contributed by atoms with E-state index in [1.54, 1.807) is 18.4 Å². The van der Waals surface area contributed by atoms with Gasteiger partial charge in [0, 0.05) is 49.2 Å². The van der Waals surface area contributed by atoms with Crippen molar-refractivity contribution in [2.75, 3.05) is 20.3 Å². The lowest BCUT2D eigenvalue weighted by Gasteiger charge is -2.03. The molecule has 0 saturated carbocycles. The lowest BCUT2D eigenvalue weighted by molar-refractivity contribution is 0.199. The highest BCUT2D eigenvalue weighted by Gasteiger charge is 2.04. The summed E-state index contributed by atoms with van der Waals surface area (Å²) < 4.78 is 5.94. The summed E-state index contributed by atoms with van der Waals surface area (Å²) in [5, 5.41) is 6.01. The number of nitrogens with zero attached hydrogens (tertiary/aromatic N) is 3. The highest BCUT2D eigenvalue weighted by Crippen LogP contribution is 2.27. The monoisotopic (exact) mass is 296 g/mol. The van der Waals surface area contributed by atoms with Gasteiger partial charge in [-0.25, -0.2) is 15.0 Å². The van der Waals surface area contributed by atoms with Crippen molar-refractivity contribution in [3.8, 4) is 0 Å². The quantitative estimate of drug-likeness (QED) is 0.624. The number of aryl methyl sites for hydroxylation is 1. The molecule has 19 heavy (non-hydrogen) atoms. The zero-order chi connectivity index (χ0) is 13.5. The normalized spacial score (nSPS) is 10.8. The van der Waals surface area contributed by atoms with Crippen LogP contribution in [0.2, 0.25) is 0 Å². The Bertz CT molecular complexity index is 501. The van der Waals surface area contributed by atoms with Crippen LogP contribution in [0.4, 0.5) is 0 Å². The molecule has 0 amide bonds. The molecule has 0 aliphatic rings. The Morgan fingerprint density at radius 1 is 1.37 bits per heavy atom. The second-order valence-electron chi connectivity index (χ2n) is 3.90. The van der Waals surface area contributed by atoms with E-state index in [0.29, 0.717) is 6.61 Å². The van der Waals surface area contributed by atoms with Gasteiger partial charge in [0.25, 0.3) is 0 Å². The molecule has 2 heterocycles. The lowest BCUT2D eigenvalue weighted by atomic mass is 10.3. The van der Waals surface area contributed by atoms with Gasteiger partial charge < -0.3 is 10.1 Å². The first-order valence-corrected chi connectivity index (χ1v) is 7.58.